The van der Waals surface area contributed by atoms with Gasteiger partial charge in [0.15, 0.2) is 17.5 Å². The van der Waals surface area contributed by atoms with Crippen molar-refractivity contribution in [2.24, 2.45) is 0 Å². The molecule has 0 radical (unpaired) electrons. The Morgan fingerprint density at radius 1 is 0.304 bits per heavy atom. The summed E-state index contributed by atoms with van der Waals surface area (Å²) in [6.45, 7) is 0. The van der Waals surface area contributed by atoms with E-state index < -0.39 is 0 Å². The Hall–Kier alpha value is -7.63. The van der Waals surface area contributed by atoms with E-state index in [1.54, 1.807) is 0 Å². The molecule has 56 heavy (non-hydrogen) atoms. The first kappa shape index (κ1) is 26.2. The average molecular weight is 724 g/mol. The lowest BCUT2D eigenvalue weighted by Gasteiger charge is -2.10. The van der Waals surface area contributed by atoms with Crippen LogP contribution in [0.5, 0.6) is 0 Å². The predicted molar refractivity (Wildman–Crippen MR) is 227 cm³/mol. The quantitative estimate of drug-likeness (QED) is 0.171. The van der Waals surface area contributed by atoms with Gasteiger partial charge in [-0.05, 0) is 81.8 Å². The zero-order valence-corrected chi connectivity index (χ0v) is 29.6. The standard InChI is InChI=1S/C51H31N3O2/c1-3-10-32(11-4-1)34-18-20-35(21-19-34)37-24-27-46-44(29-37)43-26-23-40(31-48(43)56-46)51-53-49(38-15-9-14-36(28-38)33-12-5-2-6-13-33)52-50(54-51)39-22-25-42-41-16-7-8-17-45(41)55-47(42)30-39/h1-31H/i23D,24D,26D,27D,29D,31D. The third-order valence-corrected chi connectivity index (χ3v) is 10.0. The van der Waals surface area contributed by atoms with Gasteiger partial charge in [-0.15, -0.1) is 0 Å². The minimum atomic E-state index is -0.353. The normalized spacial score (nSPS) is 13.1. The molecule has 3 heterocycles. The van der Waals surface area contributed by atoms with Crippen LogP contribution in [0.3, 0.4) is 0 Å². The van der Waals surface area contributed by atoms with Crippen molar-refractivity contribution in [1.29, 1.82) is 0 Å². The number of nitrogens with zero attached hydrogens (tertiary/aromatic N) is 3. The van der Waals surface area contributed by atoms with Crippen LogP contribution >= 0.6 is 0 Å². The van der Waals surface area contributed by atoms with Gasteiger partial charge in [0.05, 0.1) is 8.22 Å². The highest BCUT2D eigenvalue weighted by molar-refractivity contribution is 6.07. The van der Waals surface area contributed by atoms with E-state index >= 15 is 0 Å². The van der Waals surface area contributed by atoms with Gasteiger partial charge in [-0.3, -0.25) is 0 Å². The number of furan rings is 2. The second-order valence-corrected chi connectivity index (χ2v) is 13.5. The van der Waals surface area contributed by atoms with Gasteiger partial charge in [0.1, 0.15) is 22.3 Å². The second-order valence-electron chi connectivity index (χ2n) is 13.5. The van der Waals surface area contributed by atoms with Crippen LogP contribution < -0.4 is 0 Å². The van der Waals surface area contributed by atoms with Gasteiger partial charge in [0.25, 0.3) is 0 Å². The summed E-state index contributed by atoms with van der Waals surface area (Å²) >= 11 is 0. The van der Waals surface area contributed by atoms with Crippen molar-refractivity contribution in [3.05, 3.63) is 188 Å². The molecule has 0 N–H and O–H groups in total. The molecule has 0 aliphatic heterocycles. The lowest BCUT2D eigenvalue weighted by atomic mass is 9.99. The first-order valence-corrected chi connectivity index (χ1v) is 18.2. The van der Waals surface area contributed by atoms with Crippen LogP contribution in [0, 0.1) is 0 Å². The monoisotopic (exact) mass is 723 g/mol. The van der Waals surface area contributed by atoms with Crippen molar-refractivity contribution in [3.63, 3.8) is 0 Å². The molecule has 5 heteroatoms. The molecule has 5 nitrogen and oxygen atoms in total. The number of fused-ring (bicyclic) bond motifs is 6. The van der Waals surface area contributed by atoms with Crippen molar-refractivity contribution >= 4 is 43.9 Å². The third kappa shape index (κ3) is 5.62. The van der Waals surface area contributed by atoms with E-state index in [0.29, 0.717) is 22.3 Å². The largest absolute Gasteiger partial charge is 0.456 e. The molecule has 11 aromatic rings. The molecule has 0 bridgehead atoms. The minimum Gasteiger partial charge on any atom is -0.456 e. The summed E-state index contributed by atoms with van der Waals surface area (Å²) in [4.78, 5) is 14.7. The lowest BCUT2D eigenvalue weighted by molar-refractivity contribution is 0.668. The summed E-state index contributed by atoms with van der Waals surface area (Å²) in [7, 11) is 0. The summed E-state index contributed by atoms with van der Waals surface area (Å²) < 4.78 is 68.2. The fourth-order valence-corrected chi connectivity index (χ4v) is 7.19. The zero-order valence-electron chi connectivity index (χ0n) is 35.6. The molecule has 0 spiro atoms. The molecular weight excluding hydrogens is 687 g/mol. The van der Waals surface area contributed by atoms with Crippen LogP contribution in [0.1, 0.15) is 8.22 Å². The first-order chi connectivity index (χ1) is 30.2. The van der Waals surface area contributed by atoms with E-state index in [4.69, 9.17) is 26.5 Å². The topological polar surface area (TPSA) is 65.0 Å². The molecular formula is C51H31N3O2. The lowest BCUT2D eigenvalue weighted by Crippen LogP contribution is -2.00. The number of hydrogen-bond donors (Lipinski definition) is 0. The molecule has 0 saturated heterocycles. The Morgan fingerprint density at radius 3 is 1.61 bits per heavy atom. The van der Waals surface area contributed by atoms with E-state index in [0.717, 1.165) is 38.6 Å². The van der Waals surface area contributed by atoms with Gasteiger partial charge in [0.2, 0.25) is 0 Å². The molecule has 0 aliphatic rings. The Kier molecular flexibility index (Phi) is 6.10. The molecule has 0 fully saturated rings. The van der Waals surface area contributed by atoms with Crippen molar-refractivity contribution in [2.75, 3.05) is 0 Å². The van der Waals surface area contributed by atoms with Crippen LogP contribution in [0.2, 0.25) is 0 Å². The van der Waals surface area contributed by atoms with Crippen LogP contribution in [-0.4, -0.2) is 15.0 Å². The maximum atomic E-state index is 9.55. The van der Waals surface area contributed by atoms with Crippen LogP contribution in [-0.2, 0) is 0 Å². The van der Waals surface area contributed by atoms with Crippen molar-refractivity contribution in [3.8, 4) is 67.5 Å². The van der Waals surface area contributed by atoms with Gasteiger partial charge in [-0.2, -0.15) is 0 Å². The van der Waals surface area contributed by atoms with E-state index in [-0.39, 0.29) is 86.8 Å². The number of para-hydroxylation sites is 1. The van der Waals surface area contributed by atoms with Crippen LogP contribution in [0.4, 0.5) is 0 Å². The molecule has 3 aromatic heterocycles. The molecule has 0 saturated carbocycles. The average Bonchev–Trinajstić information content (AvgIpc) is 3.91. The van der Waals surface area contributed by atoms with Gasteiger partial charge in [0, 0.05) is 38.2 Å². The number of hydrogen-bond acceptors (Lipinski definition) is 5. The third-order valence-electron chi connectivity index (χ3n) is 10.0. The number of aromatic nitrogens is 3. The van der Waals surface area contributed by atoms with Gasteiger partial charge in [-0.1, -0.05) is 139 Å². The van der Waals surface area contributed by atoms with Crippen molar-refractivity contribution in [1.82, 2.24) is 15.0 Å². The zero-order chi connectivity index (χ0) is 42.2. The summed E-state index contributed by atoms with van der Waals surface area (Å²) in [6.07, 6.45) is 0. The molecule has 0 unspecified atom stereocenters. The highest BCUT2D eigenvalue weighted by atomic mass is 16.3. The fraction of sp³-hybridized carbons (Fsp3) is 0. The Balaban J connectivity index is 1.11. The van der Waals surface area contributed by atoms with Gasteiger partial charge >= 0.3 is 0 Å². The summed E-state index contributed by atoms with van der Waals surface area (Å²) in [5.41, 5.74) is 7.02. The maximum Gasteiger partial charge on any atom is 0.164 e. The van der Waals surface area contributed by atoms with E-state index in [1.165, 1.54) is 0 Å². The van der Waals surface area contributed by atoms with Crippen LogP contribution in [0.25, 0.3) is 111 Å². The van der Waals surface area contributed by atoms with Gasteiger partial charge in [-0.25, -0.2) is 15.0 Å². The Bertz CT molecular complexity index is 3590. The fourth-order valence-electron chi connectivity index (χ4n) is 7.19. The van der Waals surface area contributed by atoms with Crippen molar-refractivity contribution in [2.45, 2.75) is 0 Å². The molecule has 0 atom stereocenters. The second kappa shape index (κ2) is 13.0. The SMILES string of the molecule is [2H]c1c(-c2ccc(-c3ccccc3)cc2)c([2H])c2c(oc3c([2H])c(-c4nc(-c5cccc(-c6ccccc6)c5)nc(-c5ccc6c(c5)oc5ccccc56)n4)c([2H])c([2H])c32)c1[2H]. The maximum absolute atomic E-state index is 9.55. The van der Waals surface area contributed by atoms with E-state index in [9.17, 15) is 5.48 Å². The Labute approximate surface area is 330 Å². The van der Waals surface area contributed by atoms with Gasteiger partial charge < -0.3 is 8.83 Å². The van der Waals surface area contributed by atoms with E-state index in [2.05, 4.69) is 0 Å². The number of rotatable bonds is 6. The van der Waals surface area contributed by atoms with Crippen molar-refractivity contribution < 1.29 is 17.1 Å². The highest BCUT2D eigenvalue weighted by Crippen LogP contribution is 2.37. The van der Waals surface area contributed by atoms with E-state index in [1.807, 2.05) is 152 Å². The summed E-state index contributed by atoms with van der Waals surface area (Å²) in [5.74, 6) is 0.519. The molecule has 262 valence electrons. The summed E-state index contributed by atoms with van der Waals surface area (Å²) in [6, 6.07) is 46.9. The molecule has 0 aliphatic carbocycles. The Morgan fingerprint density at radius 2 is 0.839 bits per heavy atom. The number of benzene rings is 8. The summed E-state index contributed by atoms with van der Waals surface area (Å²) in [5, 5.41) is 2.03. The predicted octanol–water partition coefficient (Wildman–Crippen LogP) is 13.7. The first-order valence-electron chi connectivity index (χ1n) is 21.2. The minimum absolute atomic E-state index is 0.0248. The smallest absolute Gasteiger partial charge is 0.164 e. The molecule has 8 aromatic carbocycles. The molecule has 0 amide bonds. The molecule has 11 rings (SSSR count). The van der Waals surface area contributed by atoms with Crippen LogP contribution in [0.15, 0.2) is 197 Å². The highest BCUT2D eigenvalue weighted by Gasteiger charge is 2.17.